The third-order valence-corrected chi connectivity index (χ3v) is 4.52. The van der Waals surface area contributed by atoms with Crippen LogP contribution >= 0.6 is 35.4 Å². The van der Waals surface area contributed by atoms with Crippen molar-refractivity contribution >= 4 is 46.5 Å². The maximum Gasteiger partial charge on any atom is 0.178 e. The summed E-state index contributed by atoms with van der Waals surface area (Å²) in [6.45, 7) is 2.88. The van der Waals surface area contributed by atoms with E-state index in [9.17, 15) is 0 Å². The topological polar surface area (TPSA) is 20.7 Å². The highest BCUT2D eigenvalue weighted by Crippen LogP contribution is 2.23. The van der Waals surface area contributed by atoms with Crippen LogP contribution in [0.2, 0.25) is 10.0 Å². The molecule has 108 valence electrons. The van der Waals surface area contributed by atoms with Gasteiger partial charge in [0.05, 0.1) is 11.0 Å². The number of aromatic amines is 1. The monoisotopic (exact) mass is 336 g/mol. The molecule has 0 aliphatic heterocycles. The van der Waals surface area contributed by atoms with E-state index in [-0.39, 0.29) is 0 Å². The molecule has 1 aromatic heterocycles. The van der Waals surface area contributed by atoms with Gasteiger partial charge in [-0.05, 0) is 54.9 Å². The molecule has 0 spiro atoms. The number of H-pyrrole nitrogens is 1. The molecule has 0 saturated carbocycles. The zero-order valence-electron chi connectivity index (χ0n) is 11.5. The number of halogens is 2. The first-order valence-corrected chi connectivity index (χ1v) is 7.85. The van der Waals surface area contributed by atoms with Crippen molar-refractivity contribution in [1.29, 1.82) is 0 Å². The van der Waals surface area contributed by atoms with E-state index in [0.717, 1.165) is 34.3 Å². The summed E-state index contributed by atoms with van der Waals surface area (Å²) in [5, 5.41) is 1.36. The molecular weight excluding hydrogens is 323 g/mol. The number of aryl methyl sites for hydroxylation is 3. The number of rotatable bonds is 3. The van der Waals surface area contributed by atoms with Crippen LogP contribution in [-0.2, 0) is 13.0 Å². The van der Waals surface area contributed by atoms with E-state index in [1.807, 2.05) is 24.3 Å². The quantitative estimate of drug-likeness (QED) is 0.621. The highest BCUT2D eigenvalue weighted by molar-refractivity contribution is 7.71. The number of imidazole rings is 1. The molecule has 0 bridgehead atoms. The second kappa shape index (κ2) is 5.84. The molecule has 2 nitrogen and oxygen atoms in total. The highest BCUT2D eigenvalue weighted by atomic mass is 35.5. The lowest BCUT2D eigenvalue weighted by atomic mass is 10.1. The smallest absolute Gasteiger partial charge is 0.178 e. The second-order valence-electron chi connectivity index (χ2n) is 5.04. The van der Waals surface area contributed by atoms with Gasteiger partial charge in [-0.25, -0.2) is 0 Å². The number of aromatic nitrogens is 2. The Morgan fingerprint density at radius 3 is 2.76 bits per heavy atom. The maximum absolute atomic E-state index is 6.23. The fourth-order valence-corrected chi connectivity index (χ4v) is 3.37. The van der Waals surface area contributed by atoms with Gasteiger partial charge in [0.15, 0.2) is 4.77 Å². The summed E-state index contributed by atoms with van der Waals surface area (Å²) in [7, 11) is 0. The molecule has 0 saturated heterocycles. The van der Waals surface area contributed by atoms with Gasteiger partial charge in [-0.15, -0.1) is 0 Å². The number of hydrogen-bond acceptors (Lipinski definition) is 1. The van der Waals surface area contributed by atoms with Crippen molar-refractivity contribution in [3.05, 3.63) is 62.3 Å². The predicted octanol–water partition coefficient (Wildman–Crippen LogP) is 5.56. The molecule has 0 radical (unpaired) electrons. The molecule has 0 atom stereocenters. The molecule has 1 heterocycles. The molecule has 21 heavy (non-hydrogen) atoms. The van der Waals surface area contributed by atoms with E-state index in [4.69, 9.17) is 35.4 Å². The highest BCUT2D eigenvalue weighted by Gasteiger charge is 2.08. The molecule has 0 unspecified atom stereocenters. The predicted molar refractivity (Wildman–Crippen MR) is 92.0 cm³/mol. The Morgan fingerprint density at radius 2 is 2.00 bits per heavy atom. The van der Waals surface area contributed by atoms with Gasteiger partial charge in [-0.3, -0.25) is 0 Å². The van der Waals surface area contributed by atoms with Gasteiger partial charge in [0.1, 0.15) is 0 Å². The number of hydrogen-bond donors (Lipinski definition) is 1. The van der Waals surface area contributed by atoms with Gasteiger partial charge in [0.25, 0.3) is 0 Å². The minimum atomic E-state index is 0.656. The summed E-state index contributed by atoms with van der Waals surface area (Å²) >= 11 is 17.6. The normalized spacial score (nSPS) is 11.2. The first-order valence-electron chi connectivity index (χ1n) is 6.68. The largest absolute Gasteiger partial charge is 0.331 e. The molecule has 0 fully saturated rings. The van der Waals surface area contributed by atoms with Crippen molar-refractivity contribution in [1.82, 2.24) is 9.55 Å². The molecule has 3 aromatic rings. The minimum absolute atomic E-state index is 0.656. The summed E-state index contributed by atoms with van der Waals surface area (Å²) in [6.07, 6.45) is 0.811. The van der Waals surface area contributed by atoms with Gasteiger partial charge < -0.3 is 9.55 Å². The number of nitrogens with one attached hydrogen (secondary N) is 1. The van der Waals surface area contributed by atoms with Crippen molar-refractivity contribution in [2.75, 3.05) is 0 Å². The lowest BCUT2D eigenvalue weighted by Gasteiger charge is -2.08. The minimum Gasteiger partial charge on any atom is -0.331 e. The molecule has 3 rings (SSSR count). The Labute approximate surface area is 138 Å². The van der Waals surface area contributed by atoms with Crippen LogP contribution in [-0.4, -0.2) is 9.55 Å². The summed E-state index contributed by atoms with van der Waals surface area (Å²) in [5.41, 5.74) is 4.52. The van der Waals surface area contributed by atoms with Gasteiger partial charge in [-0.2, -0.15) is 0 Å². The van der Waals surface area contributed by atoms with Crippen LogP contribution in [0.25, 0.3) is 11.0 Å². The lowest BCUT2D eigenvalue weighted by molar-refractivity contribution is 0.705. The Hall–Kier alpha value is -1.29. The van der Waals surface area contributed by atoms with Crippen LogP contribution in [0.5, 0.6) is 0 Å². The van der Waals surface area contributed by atoms with Crippen LogP contribution < -0.4 is 0 Å². The first-order chi connectivity index (χ1) is 10.1. The zero-order chi connectivity index (χ0) is 15.0. The summed E-state index contributed by atoms with van der Waals surface area (Å²) in [4.78, 5) is 3.25. The number of nitrogens with zero attached hydrogens (tertiary/aromatic N) is 1. The summed E-state index contributed by atoms with van der Waals surface area (Å²) in [5.74, 6) is 0. The third-order valence-electron chi connectivity index (χ3n) is 3.61. The number of fused-ring (bicyclic) bond motifs is 1. The Bertz CT molecular complexity index is 864. The first kappa shape index (κ1) is 14.6. The van der Waals surface area contributed by atoms with E-state index in [1.165, 1.54) is 5.56 Å². The van der Waals surface area contributed by atoms with Gasteiger partial charge in [0.2, 0.25) is 0 Å². The molecule has 2 aromatic carbocycles. The van der Waals surface area contributed by atoms with E-state index < -0.39 is 0 Å². The Kier molecular flexibility index (Phi) is 4.07. The summed E-state index contributed by atoms with van der Waals surface area (Å²) in [6, 6.07) is 11.8. The average molecular weight is 337 g/mol. The fraction of sp³-hybridized carbons (Fsp3) is 0.188. The molecule has 0 amide bonds. The van der Waals surface area contributed by atoms with Crippen LogP contribution in [0.4, 0.5) is 0 Å². The van der Waals surface area contributed by atoms with Crippen LogP contribution in [0.1, 0.15) is 11.1 Å². The number of benzene rings is 2. The van der Waals surface area contributed by atoms with Crippen molar-refractivity contribution in [3.8, 4) is 0 Å². The van der Waals surface area contributed by atoms with Gasteiger partial charge >= 0.3 is 0 Å². The van der Waals surface area contributed by atoms with Crippen LogP contribution in [0.3, 0.4) is 0 Å². The lowest BCUT2D eigenvalue weighted by Crippen LogP contribution is -2.02. The molecule has 0 aliphatic carbocycles. The van der Waals surface area contributed by atoms with E-state index in [0.29, 0.717) is 10.0 Å². The van der Waals surface area contributed by atoms with Gasteiger partial charge in [-0.1, -0.05) is 41.4 Å². The summed E-state index contributed by atoms with van der Waals surface area (Å²) < 4.78 is 2.87. The molecular formula is C16H14Cl2N2S. The standard InChI is InChI=1S/C16H14Cl2N2S/c1-10-3-2-4-14-15(10)20(16(21)19-14)8-7-11-5-6-12(17)9-13(11)18/h2-6,9H,7-8H2,1H3,(H,19,21). The van der Waals surface area contributed by atoms with Crippen molar-refractivity contribution < 1.29 is 0 Å². The molecule has 5 heteroatoms. The third kappa shape index (κ3) is 2.86. The fourth-order valence-electron chi connectivity index (χ4n) is 2.57. The van der Waals surface area contributed by atoms with Crippen LogP contribution in [0, 0.1) is 11.7 Å². The Morgan fingerprint density at radius 1 is 1.19 bits per heavy atom. The zero-order valence-corrected chi connectivity index (χ0v) is 13.8. The van der Waals surface area contributed by atoms with E-state index in [2.05, 4.69) is 22.5 Å². The van der Waals surface area contributed by atoms with Crippen LogP contribution in [0.15, 0.2) is 36.4 Å². The maximum atomic E-state index is 6.23. The van der Waals surface area contributed by atoms with Crippen molar-refractivity contribution in [2.45, 2.75) is 19.9 Å². The Balaban J connectivity index is 1.95. The van der Waals surface area contributed by atoms with E-state index >= 15 is 0 Å². The van der Waals surface area contributed by atoms with Crippen molar-refractivity contribution in [3.63, 3.8) is 0 Å². The second-order valence-corrected chi connectivity index (χ2v) is 6.27. The number of para-hydroxylation sites is 1. The van der Waals surface area contributed by atoms with Crippen molar-refractivity contribution in [2.24, 2.45) is 0 Å². The van der Waals surface area contributed by atoms with E-state index in [1.54, 1.807) is 6.07 Å². The average Bonchev–Trinajstić information content (AvgIpc) is 2.75. The molecule has 1 N–H and O–H groups in total. The van der Waals surface area contributed by atoms with Gasteiger partial charge in [0, 0.05) is 16.6 Å². The molecule has 0 aliphatic rings. The SMILES string of the molecule is Cc1cccc2[nH]c(=S)n(CCc3ccc(Cl)cc3Cl)c12.